The molecule has 0 radical (unpaired) electrons. The third kappa shape index (κ3) is 4.32. The van der Waals surface area contributed by atoms with Crippen molar-refractivity contribution in [3.8, 4) is 5.69 Å². The van der Waals surface area contributed by atoms with Crippen LogP contribution in [0.1, 0.15) is 22.9 Å². The van der Waals surface area contributed by atoms with E-state index in [1.54, 1.807) is 17.5 Å². The number of nitrogens with zero attached hydrogens (tertiary/aromatic N) is 2. The number of hydrogen-bond donors (Lipinski definition) is 1. The summed E-state index contributed by atoms with van der Waals surface area (Å²) in [4.78, 5) is 18.0. The van der Waals surface area contributed by atoms with Crippen molar-refractivity contribution in [3.05, 3.63) is 64.1 Å². The molecule has 6 heteroatoms. The summed E-state index contributed by atoms with van der Waals surface area (Å²) in [5, 5.41) is 5.62. The summed E-state index contributed by atoms with van der Waals surface area (Å²) in [6.07, 6.45) is 3.72. The van der Waals surface area contributed by atoms with Gasteiger partial charge in [-0.2, -0.15) is 0 Å². The summed E-state index contributed by atoms with van der Waals surface area (Å²) in [5.41, 5.74) is 3.48. The first-order valence-corrected chi connectivity index (χ1v) is 9.88. The van der Waals surface area contributed by atoms with Crippen molar-refractivity contribution in [2.24, 2.45) is 0 Å². The highest BCUT2D eigenvalue weighted by Gasteiger charge is 2.18. The molecule has 1 amide bonds. The second-order valence-electron chi connectivity index (χ2n) is 5.93. The average molecular weight is 372 g/mol. The molecule has 0 spiro atoms. The van der Waals surface area contributed by atoms with E-state index in [4.69, 9.17) is 0 Å². The zero-order valence-corrected chi connectivity index (χ0v) is 16.2. The summed E-state index contributed by atoms with van der Waals surface area (Å²) < 4.78 is 2.05. The molecule has 3 rings (SSSR count). The SMILES string of the molecule is Cc1ccc(C)c(-n2ccnc2S[C@H](C)C(=O)NCc2cccs2)c1. The van der Waals surface area contributed by atoms with Gasteiger partial charge in [0.2, 0.25) is 5.91 Å². The van der Waals surface area contributed by atoms with Gasteiger partial charge in [-0.1, -0.05) is 30.0 Å². The smallest absolute Gasteiger partial charge is 0.233 e. The molecule has 2 aromatic heterocycles. The summed E-state index contributed by atoms with van der Waals surface area (Å²) in [6.45, 7) is 6.65. The minimum absolute atomic E-state index is 0.0221. The Bertz CT molecular complexity index is 855. The van der Waals surface area contributed by atoms with Crippen LogP contribution in [0.3, 0.4) is 0 Å². The summed E-state index contributed by atoms with van der Waals surface area (Å²) in [5.74, 6) is 0.0221. The summed E-state index contributed by atoms with van der Waals surface area (Å²) in [6, 6.07) is 10.4. The van der Waals surface area contributed by atoms with Gasteiger partial charge in [-0.3, -0.25) is 9.36 Å². The number of carbonyl (C=O) groups is 1. The topological polar surface area (TPSA) is 46.9 Å². The van der Waals surface area contributed by atoms with Crippen LogP contribution in [0.25, 0.3) is 5.69 Å². The van der Waals surface area contributed by atoms with Gasteiger partial charge in [-0.05, 0) is 49.4 Å². The third-order valence-electron chi connectivity index (χ3n) is 3.90. The Labute approximate surface area is 156 Å². The third-order valence-corrected chi connectivity index (χ3v) is 5.86. The monoisotopic (exact) mass is 371 g/mol. The van der Waals surface area contributed by atoms with Crippen LogP contribution in [0, 0.1) is 13.8 Å². The van der Waals surface area contributed by atoms with Crippen LogP contribution in [0.15, 0.2) is 53.3 Å². The number of hydrogen-bond acceptors (Lipinski definition) is 4. The maximum Gasteiger partial charge on any atom is 0.233 e. The fraction of sp³-hybridized carbons (Fsp3) is 0.263. The van der Waals surface area contributed by atoms with E-state index in [-0.39, 0.29) is 11.2 Å². The van der Waals surface area contributed by atoms with Crippen LogP contribution in [-0.2, 0) is 11.3 Å². The molecule has 1 aromatic carbocycles. The van der Waals surface area contributed by atoms with Crippen LogP contribution < -0.4 is 5.32 Å². The summed E-state index contributed by atoms with van der Waals surface area (Å²) >= 11 is 3.12. The number of thioether (sulfide) groups is 1. The predicted octanol–water partition coefficient (Wildman–Crippen LogP) is 4.35. The molecule has 25 heavy (non-hydrogen) atoms. The minimum Gasteiger partial charge on any atom is -0.350 e. The Balaban J connectivity index is 1.70. The van der Waals surface area contributed by atoms with E-state index < -0.39 is 0 Å². The standard InChI is InChI=1S/C19H21N3OS2/c1-13-6-7-14(2)17(11-13)22-9-8-20-19(22)25-15(3)18(23)21-12-16-5-4-10-24-16/h4-11,15H,12H2,1-3H3,(H,21,23)/t15-/m1/s1. The van der Waals surface area contributed by atoms with Crippen LogP contribution in [0.5, 0.6) is 0 Å². The maximum absolute atomic E-state index is 12.4. The van der Waals surface area contributed by atoms with E-state index >= 15 is 0 Å². The molecule has 0 aliphatic heterocycles. The lowest BCUT2D eigenvalue weighted by Crippen LogP contribution is -2.30. The number of aromatic nitrogens is 2. The fourth-order valence-corrected chi connectivity index (χ4v) is 4.03. The largest absolute Gasteiger partial charge is 0.350 e. The molecule has 0 aliphatic carbocycles. The molecule has 3 aromatic rings. The predicted molar refractivity (Wildman–Crippen MR) is 105 cm³/mol. The molecule has 130 valence electrons. The molecular formula is C19H21N3OS2. The van der Waals surface area contributed by atoms with Crippen LogP contribution in [0.4, 0.5) is 0 Å². The molecule has 4 nitrogen and oxygen atoms in total. The van der Waals surface area contributed by atoms with Gasteiger partial charge in [-0.25, -0.2) is 4.98 Å². The van der Waals surface area contributed by atoms with Crippen LogP contribution in [-0.4, -0.2) is 20.7 Å². The highest BCUT2D eigenvalue weighted by Crippen LogP contribution is 2.26. The second-order valence-corrected chi connectivity index (χ2v) is 8.27. The number of rotatable bonds is 6. The second kappa shape index (κ2) is 7.89. The average Bonchev–Trinajstić information content (AvgIpc) is 3.26. The number of carbonyl (C=O) groups excluding carboxylic acids is 1. The Hall–Kier alpha value is -2.05. The Morgan fingerprint density at radius 1 is 1.36 bits per heavy atom. The quantitative estimate of drug-likeness (QED) is 0.656. The van der Waals surface area contributed by atoms with Crippen molar-refractivity contribution in [1.29, 1.82) is 0 Å². The lowest BCUT2D eigenvalue weighted by Gasteiger charge is -2.14. The van der Waals surface area contributed by atoms with E-state index in [0.29, 0.717) is 6.54 Å². The highest BCUT2D eigenvalue weighted by molar-refractivity contribution is 8.00. The maximum atomic E-state index is 12.4. The fourth-order valence-electron chi connectivity index (χ4n) is 2.48. The molecule has 0 saturated heterocycles. The normalized spacial score (nSPS) is 12.1. The van der Waals surface area contributed by atoms with E-state index in [1.165, 1.54) is 22.9 Å². The molecular weight excluding hydrogens is 350 g/mol. The number of thiophene rings is 1. The van der Waals surface area contributed by atoms with Gasteiger partial charge in [0.05, 0.1) is 17.5 Å². The van der Waals surface area contributed by atoms with Gasteiger partial charge in [0.1, 0.15) is 0 Å². The minimum atomic E-state index is -0.216. The molecule has 2 heterocycles. The Kier molecular flexibility index (Phi) is 5.60. The summed E-state index contributed by atoms with van der Waals surface area (Å²) in [7, 11) is 0. The van der Waals surface area contributed by atoms with E-state index in [0.717, 1.165) is 15.7 Å². The first-order chi connectivity index (χ1) is 12.0. The first-order valence-electron chi connectivity index (χ1n) is 8.12. The molecule has 0 bridgehead atoms. The lowest BCUT2D eigenvalue weighted by atomic mass is 10.1. The van der Waals surface area contributed by atoms with Crippen LogP contribution >= 0.6 is 23.1 Å². The van der Waals surface area contributed by atoms with Gasteiger partial charge < -0.3 is 5.32 Å². The van der Waals surface area contributed by atoms with Crippen molar-refractivity contribution < 1.29 is 4.79 Å². The van der Waals surface area contributed by atoms with Crippen molar-refractivity contribution in [2.45, 2.75) is 37.7 Å². The van der Waals surface area contributed by atoms with Gasteiger partial charge in [0, 0.05) is 17.3 Å². The number of nitrogens with one attached hydrogen (secondary N) is 1. The van der Waals surface area contributed by atoms with Gasteiger partial charge in [0.25, 0.3) is 0 Å². The Morgan fingerprint density at radius 3 is 2.96 bits per heavy atom. The van der Waals surface area contributed by atoms with E-state index in [1.807, 2.05) is 30.6 Å². The molecule has 0 unspecified atom stereocenters. The molecule has 1 N–H and O–H groups in total. The Morgan fingerprint density at radius 2 is 2.20 bits per heavy atom. The van der Waals surface area contributed by atoms with Crippen molar-refractivity contribution in [2.75, 3.05) is 0 Å². The zero-order chi connectivity index (χ0) is 17.8. The van der Waals surface area contributed by atoms with E-state index in [2.05, 4.69) is 46.9 Å². The molecule has 0 saturated carbocycles. The number of aryl methyl sites for hydroxylation is 2. The van der Waals surface area contributed by atoms with E-state index in [9.17, 15) is 4.79 Å². The molecule has 0 aliphatic rings. The van der Waals surface area contributed by atoms with Crippen molar-refractivity contribution in [3.63, 3.8) is 0 Å². The van der Waals surface area contributed by atoms with Gasteiger partial charge in [0.15, 0.2) is 5.16 Å². The zero-order valence-electron chi connectivity index (χ0n) is 14.5. The van der Waals surface area contributed by atoms with Gasteiger partial charge >= 0.3 is 0 Å². The molecule has 0 fully saturated rings. The lowest BCUT2D eigenvalue weighted by molar-refractivity contribution is -0.120. The highest BCUT2D eigenvalue weighted by atomic mass is 32.2. The molecule has 1 atom stereocenters. The number of amides is 1. The van der Waals surface area contributed by atoms with Crippen LogP contribution in [0.2, 0.25) is 0 Å². The van der Waals surface area contributed by atoms with Crippen molar-refractivity contribution >= 4 is 29.0 Å². The van der Waals surface area contributed by atoms with Gasteiger partial charge in [-0.15, -0.1) is 11.3 Å². The number of benzene rings is 1. The first kappa shape index (κ1) is 17.8. The number of imidazole rings is 1. The van der Waals surface area contributed by atoms with Crippen molar-refractivity contribution in [1.82, 2.24) is 14.9 Å².